The molecule has 10 aromatic rings. The molecule has 1 aliphatic carbocycles. The Labute approximate surface area is 352 Å². The van der Waals surface area contributed by atoms with E-state index in [9.17, 15) is 0 Å². The second-order valence-corrected chi connectivity index (χ2v) is 16.6. The molecule has 0 aliphatic heterocycles. The summed E-state index contributed by atoms with van der Waals surface area (Å²) in [4.78, 5) is 2.44. The van der Waals surface area contributed by atoms with Gasteiger partial charge in [-0.3, -0.25) is 0 Å². The lowest BCUT2D eigenvalue weighted by Gasteiger charge is -2.29. The molecule has 0 aromatic heterocycles. The molecule has 1 nitrogen and oxygen atoms in total. The molecule has 0 unspecified atom stereocenters. The van der Waals surface area contributed by atoms with Crippen molar-refractivity contribution in [1.82, 2.24) is 0 Å². The van der Waals surface area contributed by atoms with E-state index in [1.54, 1.807) is 0 Å². The van der Waals surface area contributed by atoms with Gasteiger partial charge >= 0.3 is 0 Å². The van der Waals surface area contributed by atoms with E-state index in [1.807, 2.05) is 0 Å². The number of rotatable bonds is 7. The molecule has 11 rings (SSSR count). The van der Waals surface area contributed by atoms with Crippen LogP contribution in [-0.2, 0) is 5.41 Å². The predicted molar refractivity (Wildman–Crippen MR) is 255 cm³/mol. The maximum Gasteiger partial charge on any atom is 0.0543 e. The Kier molecular flexibility index (Phi) is 8.57. The van der Waals surface area contributed by atoms with Gasteiger partial charge in [-0.1, -0.05) is 196 Å². The third-order valence-electron chi connectivity index (χ3n) is 12.7. The molecule has 0 fully saturated rings. The molecule has 0 saturated carbocycles. The number of nitrogens with zero attached hydrogens (tertiary/aromatic N) is 1. The summed E-state index contributed by atoms with van der Waals surface area (Å²) in [5, 5.41) is 5.05. The van der Waals surface area contributed by atoms with Crippen LogP contribution in [0.1, 0.15) is 25.0 Å². The van der Waals surface area contributed by atoms with Crippen molar-refractivity contribution in [2.24, 2.45) is 0 Å². The molecular formula is C59H43N. The Bertz CT molecular complexity index is 3020. The van der Waals surface area contributed by atoms with E-state index >= 15 is 0 Å². The molecule has 10 aromatic carbocycles. The van der Waals surface area contributed by atoms with Gasteiger partial charge in [0.15, 0.2) is 0 Å². The lowest BCUT2D eigenvalue weighted by atomic mass is 9.82. The van der Waals surface area contributed by atoms with Crippen LogP contribution in [0, 0.1) is 0 Å². The summed E-state index contributed by atoms with van der Waals surface area (Å²) in [6.45, 7) is 4.71. The molecule has 284 valence electrons. The molecular weight excluding hydrogens is 723 g/mol. The Balaban J connectivity index is 0.943. The fourth-order valence-corrected chi connectivity index (χ4v) is 9.40. The highest BCUT2D eigenvalue weighted by molar-refractivity contribution is 5.96. The van der Waals surface area contributed by atoms with Crippen molar-refractivity contribution >= 4 is 38.6 Å². The minimum atomic E-state index is -0.0979. The highest BCUT2D eigenvalue weighted by atomic mass is 15.1. The number of hydrogen-bond acceptors (Lipinski definition) is 1. The van der Waals surface area contributed by atoms with Crippen LogP contribution in [-0.4, -0.2) is 0 Å². The monoisotopic (exact) mass is 765 g/mol. The Morgan fingerprint density at radius 3 is 1.15 bits per heavy atom. The fraction of sp³-hybridized carbons (Fsp3) is 0.0508. The van der Waals surface area contributed by atoms with Gasteiger partial charge in [0.2, 0.25) is 0 Å². The second kappa shape index (κ2) is 14.4. The smallest absolute Gasteiger partial charge is 0.0543 e. The van der Waals surface area contributed by atoms with Gasteiger partial charge in [-0.15, -0.1) is 0 Å². The SMILES string of the molecule is CC1(C)c2ccccc2-c2c(N(c3ccc(-c4ccc(-c5ccc6ccccc6c5)cc4)cc3)c3ccc(-c4ccc(-c5ccc6ccccc6c5)cc4)cc3)cccc21. The minimum Gasteiger partial charge on any atom is -0.310 e. The molecule has 1 aliphatic rings. The first-order valence-corrected chi connectivity index (χ1v) is 20.9. The first kappa shape index (κ1) is 35.7. The summed E-state index contributed by atoms with van der Waals surface area (Å²) >= 11 is 0. The van der Waals surface area contributed by atoms with Crippen LogP contribution in [0.25, 0.3) is 77.2 Å². The zero-order valence-electron chi connectivity index (χ0n) is 33.8. The molecule has 0 N–H and O–H groups in total. The number of hydrogen-bond donors (Lipinski definition) is 0. The number of fused-ring (bicyclic) bond motifs is 5. The zero-order valence-corrected chi connectivity index (χ0v) is 33.8. The summed E-state index contributed by atoms with van der Waals surface area (Å²) < 4.78 is 0. The summed E-state index contributed by atoms with van der Waals surface area (Å²) in [6.07, 6.45) is 0. The van der Waals surface area contributed by atoms with Gasteiger partial charge in [-0.25, -0.2) is 0 Å². The van der Waals surface area contributed by atoms with E-state index in [1.165, 1.54) is 94.0 Å². The van der Waals surface area contributed by atoms with Gasteiger partial charge in [-0.05, 0) is 125 Å². The van der Waals surface area contributed by atoms with Crippen molar-refractivity contribution in [3.05, 3.63) is 236 Å². The van der Waals surface area contributed by atoms with Crippen molar-refractivity contribution in [2.45, 2.75) is 19.3 Å². The zero-order chi connectivity index (χ0) is 40.2. The molecule has 0 heterocycles. The highest BCUT2D eigenvalue weighted by Gasteiger charge is 2.37. The van der Waals surface area contributed by atoms with Crippen LogP contribution in [0.5, 0.6) is 0 Å². The van der Waals surface area contributed by atoms with E-state index in [4.69, 9.17) is 0 Å². The van der Waals surface area contributed by atoms with Crippen LogP contribution < -0.4 is 4.90 Å². The van der Waals surface area contributed by atoms with Crippen molar-refractivity contribution < 1.29 is 0 Å². The van der Waals surface area contributed by atoms with Gasteiger partial charge in [0, 0.05) is 22.4 Å². The summed E-state index contributed by atoms with van der Waals surface area (Å²) in [7, 11) is 0. The number of benzene rings is 10. The minimum absolute atomic E-state index is 0.0979. The predicted octanol–water partition coefficient (Wildman–Crippen LogP) is 16.4. The standard InChI is InChI=1S/C59H43N/c1-59(2)55-15-8-7-14-54(55)58-56(59)16-9-17-57(58)60(52-34-30-44(31-35-52)42-18-22-46(23-19-42)50-28-26-40-10-3-5-12-48(40)38-50)53-36-32-45(33-37-53)43-20-24-47(25-21-43)51-29-27-41-11-4-6-13-49(41)39-51/h3-39H,1-2H3. The molecule has 1 heteroatoms. The van der Waals surface area contributed by atoms with E-state index in [2.05, 4.69) is 243 Å². The largest absolute Gasteiger partial charge is 0.310 e. The summed E-state index contributed by atoms with van der Waals surface area (Å²) in [5.41, 5.74) is 18.4. The van der Waals surface area contributed by atoms with E-state index in [-0.39, 0.29) is 5.41 Å². The van der Waals surface area contributed by atoms with Crippen molar-refractivity contribution in [2.75, 3.05) is 4.90 Å². The average molecular weight is 766 g/mol. The Hall–Kier alpha value is -7.48. The molecule has 60 heavy (non-hydrogen) atoms. The Morgan fingerprint density at radius 2 is 0.667 bits per heavy atom. The van der Waals surface area contributed by atoms with Crippen molar-refractivity contribution in [3.8, 4) is 55.6 Å². The average Bonchev–Trinajstić information content (AvgIpc) is 3.55. The van der Waals surface area contributed by atoms with Gasteiger partial charge in [0.25, 0.3) is 0 Å². The Morgan fingerprint density at radius 1 is 0.300 bits per heavy atom. The maximum atomic E-state index is 2.44. The van der Waals surface area contributed by atoms with Crippen LogP contribution in [0.2, 0.25) is 0 Å². The van der Waals surface area contributed by atoms with E-state index in [0.29, 0.717) is 0 Å². The molecule has 0 saturated heterocycles. The van der Waals surface area contributed by atoms with Gasteiger partial charge in [0.1, 0.15) is 0 Å². The molecule has 0 bridgehead atoms. The molecule has 0 amide bonds. The van der Waals surface area contributed by atoms with E-state index < -0.39 is 0 Å². The normalized spacial score (nSPS) is 12.6. The van der Waals surface area contributed by atoms with Crippen molar-refractivity contribution in [1.29, 1.82) is 0 Å². The second-order valence-electron chi connectivity index (χ2n) is 16.6. The molecule has 0 atom stereocenters. The quantitative estimate of drug-likeness (QED) is 0.156. The van der Waals surface area contributed by atoms with Crippen LogP contribution in [0.4, 0.5) is 17.1 Å². The summed E-state index contributed by atoms with van der Waals surface area (Å²) in [6, 6.07) is 82.4. The highest BCUT2D eigenvalue weighted by Crippen LogP contribution is 2.54. The lowest BCUT2D eigenvalue weighted by Crippen LogP contribution is -2.16. The summed E-state index contributed by atoms with van der Waals surface area (Å²) in [5.74, 6) is 0. The molecule has 0 radical (unpaired) electrons. The first-order valence-electron chi connectivity index (χ1n) is 20.9. The van der Waals surface area contributed by atoms with Gasteiger partial charge < -0.3 is 4.90 Å². The van der Waals surface area contributed by atoms with Crippen LogP contribution in [0.3, 0.4) is 0 Å². The van der Waals surface area contributed by atoms with Gasteiger partial charge in [-0.2, -0.15) is 0 Å². The van der Waals surface area contributed by atoms with Crippen LogP contribution >= 0.6 is 0 Å². The van der Waals surface area contributed by atoms with Gasteiger partial charge in [0.05, 0.1) is 5.69 Å². The first-order chi connectivity index (χ1) is 29.5. The number of anilines is 3. The topological polar surface area (TPSA) is 3.24 Å². The maximum absolute atomic E-state index is 2.44. The third kappa shape index (κ3) is 6.19. The van der Waals surface area contributed by atoms with E-state index in [0.717, 1.165) is 11.4 Å². The van der Waals surface area contributed by atoms with Crippen LogP contribution in [0.15, 0.2) is 224 Å². The lowest BCUT2D eigenvalue weighted by molar-refractivity contribution is 0.660. The molecule has 0 spiro atoms. The van der Waals surface area contributed by atoms with Crippen molar-refractivity contribution in [3.63, 3.8) is 0 Å². The fourth-order valence-electron chi connectivity index (χ4n) is 9.40. The third-order valence-corrected chi connectivity index (χ3v) is 12.7.